The number of aromatic nitrogens is 4. The van der Waals surface area contributed by atoms with E-state index in [1.165, 1.54) is 6.39 Å². The highest BCUT2D eigenvalue weighted by Gasteiger charge is 2.03. The van der Waals surface area contributed by atoms with Crippen LogP contribution in [0.3, 0.4) is 0 Å². The molecule has 2 heterocycles. The average Bonchev–Trinajstić information content (AvgIpc) is 2.79. The molecule has 7 heteroatoms. The Morgan fingerprint density at radius 3 is 3.00 bits per heavy atom. The second-order valence-corrected chi connectivity index (χ2v) is 3.59. The molecule has 1 N–H and O–H groups in total. The average molecular weight is 235 g/mol. The van der Waals surface area contributed by atoms with E-state index in [0.29, 0.717) is 24.2 Å². The minimum atomic E-state index is 0.0787. The van der Waals surface area contributed by atoms with Gasteiger partial charge in [0.15, 0.2) is 5.82 Å². The molecule has 0 atom stereocenters. The molecular weight excluding hydrogens is 222 g/mol. The Kier molecular flexibility index (Phi) is 3.49. The topological polar surface area (TPSA) is 86.0 Å². The summed E-state index contributed by atoms with van der Waals surface area (Å²) in [4.78, 5) is 12.1. The quantitative estimate of drug-likeness (QED) is 0.834. The van der Waals surface area contributed by atoms with Crippen molar-refractivity contribution in [1.82, 2.24) is 20.1 Å². The number of nitrogens with one attached hydrogen (secondary N) is 1. The maximum Gasteiger partial charge on any atom is 0.226 e. The van der Waals surface area contributed by atoms with Crippen LogP contribution >= 0.6 is 0 Å². The highest BCUT2D eigenvalue weighted by molar-refractivity contribution is 5.27. The Bertz CT molecular complexity index is 457. The highest BCUT2D eigenvalue weighted by atomic mass is 16.5. The van der Waals surface area contributed by atoms with Crippen LogP contribution in [0.15, 0.2) is 23.2 Å². The van der Waals surface area contributed by atoms with Gasteiger partial charge in [0.2, 0.25) is 18.2 Å². The van der Waals surface area contributed by atoms with E-state index in [-0.39, 0.29) is 6.10 Å². The van der Waals surface area contributed by atoms with Crippen LogP contribution in [0.25, 0.3) is 0 Å². The fourth-order valence-electron chi connectivity index (χ4n) is 1.16. The molecule has 0 amide bonds. The molecule has 0 unspecified atom stereocenters. The smallest absolute Gasteiger partial charge is 0.226 e. The van der Waals surface area contributed by atoms with E-state index >= 15 is 0 Å². The SMILES string of the molecule is CC(C)Oc1ccnc(NCc2ncon2)n1. The summed E-state index contributed by atoms with van der Waals surface area (Å²) in [6.07, 6.45) is 2.98. The van der Waals surface area contributed by atoms with Crippen molar-refractivity contribution in [2.24, 2.45) is 0 Å². The van der Waals surface area contributed by atoms with Crippen molar-refractivity contribution in [2.75, 3.05) is 5.32 Å². The van der Waals surface area contributed by atoms with Crippen LogP contribution < -0.4 is 10.1 Å². The van der Waals surface area contributed by atoms with Crippen molar-refractivity contribution < 1.29 is 9.26 Å². The van der Waals surface area contributed by atoms with Crippen LogP contribution in [0.2, 0.25) is 0 Å². The van der Waals surface area contributed by atoms with Gasteiger partial charge >= 0.3 is 0 Å². The van der Waals surface area contributed by atoms with E-state index in [9.17, 15) is 0 Å². The number of ether oxygens (including phenoxy) is 1. The van der Waals surface area contributed by atoms with Crippen LogP contribution in [0, 0.1) is 0 Å². The fourth-order valence-corrected chi connectivity index (χ4v) is 1.16. The molecule has 0 radical (unpaired) electrons. The zero-order valence-corrected chi connectivity index (χ0v) is 9.62. The normalized spacial score (nSPS) is 10.5. The minimum Gasteiger partial charge on any atom is -0.475 e. The van der Waals surface area contributed by atoms with Gasteiger partial charge in [-0.1, -0.05) is 5.16 Å². The first kappa shape index (κ1) is 11.3. The van der Waals surface area contributed by atoms with Gasteiger partial charge in [-0.05, 0) is 13.8 Å². The predicted octanol–water partition coefficient (Wildman–Crippen LogP) is 1.26. The summed E-state index contributed by atoms with van der Waals surface area (Å²) in [5, 5.41) is 6.64. The van der Waals surface area contributed by atoms with Gasteiger partial charge in [-0.2, -0.15) is 9.97 Å². The van der Waals surface area contributed by atoms with Crippen molar-refractivity contribution >= 4 is 5.95 Å². The number of hydrogen-bond acceptors (Lipinski definition) is 7. The van der Waals surface area contributed by atoms with E-state index in [2.05, 4.69) is 29.9 Å². The lowest BCUT2D eigenvalue weighted by atomic mass is 10.5. The maximum absolute atomic E-state index is 5.45. The van der Waals surface area contributed by atoms with Crippen LogP contribution in [-0.2, 0) is 6.54 Å². The molecule has 2 rings (SSSR count). The zero-order valence-electron chi connectivity index (χ0n) is 9.62. The fraction of sp³-hybridized carbons (Fsp3) is 0.400. The molecule has 2 aromatic heterocycles. The molecule has 7 nitrogen and oxygen atoms in total. The first-order chi connectivity index (χ1) is 8.24. The Morgan fingerprint density at radius 2 is 2.29 bits per heavy atom. The van der Waals surface area contributed by atoms with E-state index in [4.69, 9.17) is 4.74 Å². The van der Waals surface area contributed by atoms with Crippen molar-refractivity contribution in [3.8, 4) is 5.88 Å². The van der Waals surface area contributed by atoms with Crippen molar-refractivity contribution in [3.63, 3.8) is 0 Å². The second kappa shape index (κ2) is 5.24. The van der Waals surface area contributed by atoms with Crippen LogP contribution in [0.5, 0.6) is 5.88 Å². The molecule has 2 aromatic rings. The van der Waals surface area contributed by atoms with Gasteiger partial charge in [0.1, 0.15) is 0 Å². The molecule has 0 saturated heterocycles. The summed E-state index contributed by atoms with van der Waals surface area (Å²) in [6, 6.07) is 1.71. The molecule has 0 aliphatic rings. The van der Waals surface area contributed by atoms with E-state index in [1.54, 1.807) is 12.3 Å². The maximum atomic E-state index is 5.45. The number of rotatable bonds is 5. The summed E-state index contributed by atoms with van der Waals surface area (Å²) >= 11 is 0. The lowest BCUT2D eigenvalue weighted by Gasteiger charge is -2.09. The van der Waals surface area contributed by atoms with Gasteiger partial charge in [-0.15, -0.1) is 0 Å². The number of anilines is 1. The molecule has 0 bridgehead atoms. The molecule has 0 saturated carbocycles. The van der Waals surface area contributed by atoms with Crippen molar-refractivity contribution in [1.29, 1.82) is 0 Å². The molecule has 17 heavy (non-hydrogen) atoms. The van der Waals surface area contributed by atoms with Gasteiger partial charge < -0.3 is 14.6 Å². The van der Waals surface area contributed by atoms with Gasteiger partial charge in [0.05, 0.1) is 12.6 Å². The Labute approximate surface area is 98.2 Å². The molecule has 0 fully saturated rings. The highest BCUT2D eigenvalue weighted by Crippen LogP contribution is 2.10. The summed E-state index contributed by atoms with van der Waals surface area (Å²) in [7, 11) is 0. The van der Waals surface area contributed by atoms with Gasteiger partial charge in [-0.25, -0.2) is 4.98 Å². The lowest BCUT2D eigenvalue weighted by molar-refractivity contribution is 0.232. The van der Waals surface area contributed by atoms with Crippen LogP contribution in [-0.4, -0.2) is 26.2 Å². The third kappa shape index (κ3) is 3.40. The zero-order chi connectivity index (χ0) is 12.1. The predicted molar refractivity (Wildman–Crippen MR) is 59.4 cm³/mol. The lowest BCUT2D eigenvalue weighted by Crippen LogP contribution is -2.09. The van der Waals surface area contributed by atoms with E-state index in [1.807, 2.05) is 13.8 Å². The summed E-state index contributed by atoms with van der Waals surface area (Å²) in [5.41, 5.74) is 0. The third-order valence-corrected chi connectivity index (χ3v) is 1.80. The van der Waals surface area contributed by atoms with Crippen LogP contribution in [0.4, 0.5) is 5.95 Å². The Balaban J connectivity index is 1.96. The van der Waals surface area contributed by atoms with Crippen molar-refractivity contribution in [3.05, 3.63) is 24.5 Å². The minimum absolute atomic E-state index is 0.0787. The largest absolute Gasteiger partial charge is 0.475 e. The molecule has 0 aromatic carbocycles. The summed E-state index contributed by atoms with van der Waals surface area (Å²) in [5.74, 6) is 1.54. The molecule has 0 spiro atoms. The van der Waals surface area contributed by atoms with Gasteiger partial charge in [0.25, 0.3) is 0 Å². The Morgan fingerprint density at radius 1 is 1.41 bits per heavy atom. The first-order valence-corrected chi connectivity index (χ1v) is 5.23. The first-order valence-electron chi connectivity index (χ1n) is 5.23. The van der Waals surface area contributed by atoms with Gasteiger partial charge in [-0.3, -0.25) is 0 Å². The van der Waals surface area contributed by atoms with Crippen LogP contribution in [0.1, 0.15) is 19.7 Å². The summed E-state index contributed by atoms with van der Waals surface area (Å²) in [6.45, 7) is 4.28. The standard InChI is InChI=1S/C10H13N5O2/c1-7(2)17-9-3-4-11-10(14-9)12-5-8-13-6-16-15-8/h3-4,6-7H,5H2,1-2H3,(H,11,12,14). The summed E-state index contributed by atoms with van der Waals surface area (Å²) < 4.78 is 10.1. The molecule has 0 aliphatic heterocycles. The Hall–Kier alpha value is -2.18. The molecule has 0 aliphatic carbocycles. The number of hydrogen-bond donors (Lipinski definition) is 1. The van der Waals surface area contributed by atoms with E-state index in [0.717, 1.165) is 0 Å². The third-order valence-electron chi connectivity index (χ3n) is 1.80. The van der Waals surface area contributed by atoms with Gasteiger partial charge in [0, 0.05) is 12.3 Å². The van der Waals surface area contributed by atoms with Crippen molar-refractivity contribution in [2.45, 2.75) is 26.5 Å². The number of nitrogens with zero attached hydrogens (tertiary/aromatic N) is 4. The second-order valence-electron chi connectivity index (χ2n) is 3.59. The van der Waals surface area contributed by atoms with E-state index < -0.39 is 0 Å². The monoisotopic (exact) mass is 235 g/mol. The molecule has 90 valence electrons. The molecular formula is C10H13N5O2.